The van der Waals surface area contributed by atoms with Crippen molar-refractivity contribution < 1.29 is 4.79 Å². The average molecular weight is 343 g/mol. The highest BCUT2D eigenvalue weighted by molar-refractivity contribution is 7.16. The first-order chi connectivity index (χ1) is 10.4. The maximum Gasteiger partial charge on any atom is 0.328 e. The highest BCUT2D eigenvalue weighted by Crippen LogP contribution is 2.23. The fourth-order valence-corrected chi connectivity index (χ4v) is 2.92. The Labute approximate surface area is 135 Å². The van der Waals surface area contributed by atoms with Crippen LogP contribution in [0.25, 0.3) is 0 Å². The van der Waals surface area contributed by atoms with Crippen LogP contribution in [-0.2, 0) is 24.7 Å². The van der Waals surface area contributed by atoms with Gasteiger partial charge in [-0.05, 0) is 6.92 Å². The molecule has 2 aromatic heterocycles. The number of carbonyl (C=O) groups excluding carboxylic acids is 1. The summed E-state index contributed by atoms with van der Waals surface area (Å²) in [6, 6.07) is 0. The molecule has 2 rings (SSSR count). The van der Waals surface area contributed by atoms with Gasteiger partial charge in [-0.25, -0.2) is 9.78 Å². The van der Waals surface area contributed by atoms with E-state index in [0.717, 1.165) is 15.3 Å². The monoisotopic (exact) mass is 342 g/mol. The summed E-state index contributed by atoms with van der Waals surface area (Å²) in [5.41, 5.74) is 0.0453. The van der Waals surface area contributed by atoms with Gasteiger partial charge in [0, 0.05) is 31.8 Å². The van der Waals surface area contributed by atoms with Crippen LogP contribution in [0, 0.1) is 6.92 Å². The summed E-state index contributed by atoms with van der Waals surface area (Å²) in [5.74, 6) is -0.288. The van der Waals surface area contributed by atoms with Crippen molar-refractivity contribution >= 4 is 28.8 Å². The van der Waals surface area contributed by atoms with Crippen LogP contribution in [0.15, 0.2) is 15.8 Å². The number of nitrogens with zero attached hydrogens (tertiary/aromatic N) is 2. The van der Waals surface area contributed by atoms with E-state index in [9.17, 15) is 14.4 Å². The molecule has 0 fully saturated rings. The van der Waals surface area contributed by atoms with E-state index in [1.807, 2.05) is 6.92 Å². The maximum atomic E-state index is 11.8. The van der Waals surface area contributed by atoms with Gasteiger partial charge in [0.25, 0.3) is 5.56 Å². The van der Waals surface area contributed by atoms with Crippen LogP contribution in [0.5, 0.6) is 0 Å². The number of nitrogens with one attached hydrogen (secondary N) is 2. The second kappa shape index (κ2) is 6.89. The smallest absolute Gasteiger partial charge is 0.328 e. The summed E-state index contributed by atoms with van der Waals surface area (Å²) in [6.07, 6.45) is 1.77. The molecule has 0 saturated carbocycles. The highest BCUT2D eigenvalue weighted by atomic mass is 35.5. The van der Waals surface area contributed by atoms with Crippen molar-refractivity contribution in [3.05, 3.63) is 47.6 Å². The molecule has 0 saturated heterocycles. The molecule has 0 aromatic carbocycles. The largest absolute Gasteiger partial charge is 0.355 e. The third-order valence-corrected chi connectivity index (χ3v) is 4.56. The molecule has 0 atom stereocenters. The zero-order valence-electron chi connectivity index (χ0n) is 12.1. The van der Waals surface area contributed by atoms with E-state index in [2.05, 4.69) is 15.3 Å². The van der Waals surface area contributed by atoms with Crippen molar-refractivity contribution in [1.82, 2.24) is 19.9 Å². The first-order valence-electron chi connectivity index (χ1n) is 6.54. The molecule has 118 valence electrons. The Kier molecular flexibility index (Phi) is 5.15. The van der Waals surface area contributed by atoms with Gasteiger partial charge in [0.05, 0.1) is 17.1 Å². The number of halogens is 1. The number of thiazole rings is 1. The number of rotatable bonds is 5. The first-order valence-corrected chi connectivity index (χ1v) is 7.74. The molecule has 0 bridgehead atoms. The Morgan fingerprint density at radius 1 is 1.50 bits per heavy atom. The fourth-order valence-electron chi connectivity index (χ4n) is 1.82. The quantitative estimate of drug-likeness (QED) is 0.821. The van der Waals surface area contributed by atoms with Gasteiger partial charge in [-0.15, -0.1) is 11.3 Å². The number of aromatic amines is 1. The Bertz CT molecular complexity index is 789. The summed E-state index contributed by atoms with van der Waals surface area (Å²) in [4.78, 5) is 41.5. The normalized spacial score (nSPS) is 10.7. The van der Waals surface area contributed by atoms with Gasteiger partial charge in [0.15, 0.2) is 0 Å². The third-order valence-electron chi connectivity index (χ3n) is 3.05. The van der Waals surface area contributed by atoms with Crippen LogP contribution in [0.3, 0.4) is 0 Å². The summed E-state index contributed by atoms with van der Waals surface area (Å²) in [6.45, 7) is 2.23. The first kappa shape index (κ1) is 16.4. The molecule has 2 N–H and O–H groups in total. The van der Waals surface area contributed by atoms with Crippen molar-refractivity contribution in [3.63, 3.8) is 0 Å². The number of aryl methyl sites for hydroxylation is 1. The molecular formula is C13H15ClN4O3S. The van der Waals surface area contributed by atoms with Crippen LogP contribution in [-0.4, -0.2) is 27.0 Å². The van der Waals surface area contributed by atoms with Gasteiger partial charge < -0.3 is 10.3 Å². The van der Waals surface area contributed by atoms with E-state index in [1.54, 1.807) is 0 Å². The highest BCUT2D eigenvalue weighted by Gasteiger charge is 2.10. The predicted octanol–water partition coefficient (Wildman–Crippen LogP) is 0.393. The van der Waals surface area contributed by atoms with Gasteiger partial charge >= 0.3 is 5.69 Å². The molecule has 2 heterocycles. The topological polar surface area (TPSA) is 96.8 Å². The zero-order chi connectivity index (χ0) is 16.3. The minimum Gasteiger partial charge on any atom is -0.355 e. The van der Waals surface area contributed by atoms with Crippen molar-refractivity contribution in [1.29, 1.82) is 0 Å². The molecule has 0 aliphatic heterocycles. The summed E-state index contributed by atoms with van der Waals surface area (Å²) in [7, 11) is 1.36. The standard InChI is InChI=1S/C13H15ClN4O3S/c1-7-11(14)22-10(17-7)3-4-15-9(19)5-8-6-16-13(21)18(2)12(8)20/h6H,3-5H2,1-2H3,(H,15,19)(H,16,21). The number of amides is 1. The molecule has 7 nitrogen and oxygen atoms in total. The maximum absolute atomic E-state index is 11.8. The molecule has 0 unspecified atom stereocenters. The number of aromatic nitrogens is 3. The van der Waals surface area contributed by atoms with Crippen LogP contribution in [0.1, 0.15) is 16.3 Å². The molecule has 22 heavy (non-hydrogen) atoms. The van der Waals surface area contributed by atoms with E-state index in [-0.39, 0.29) is 17.9 Å². The molecule has 0 radical (unpaired) electrons. The molecule has 9 heteroatoms. The Morgan fingerprint density at radius 3 is 2.86 bits per heavy atom. The minimum atomic E-state index is -0.509. The Balaban J connectivity index is 1.90. The lowest BCUT2D eigenvalue weighted by Crippen LogP contribution is -2.36. The second-order valence-electron chi connectivity index (χ2n) is 4.73. The molecule has 1 amide bonds. The van der Waals surface area contributed by atoms with E-state index < -0.39 is 11.2 Å². The van der Waals surface area contributed by atoms with E-state index in [0.29, 0.717) is 17.3 Å². The lowest BCUT2D eigenvalue weighted by molar-refractivity contribution is -0.120. The van der Waals surface area contributed by atoms with Crippen molar-refractivity contribution in [3.8, 4) is 0 Å². The van der Waals surface area contributed by atoms with E-state index in [4.69, 9.17) is 11.6 Å². The van der Waals surface area contributed by atoms with Crippen molar-refractivity contribution in [2.45, 2.75) is 19.8 Å². The van der Waals surface area contributed by atoms with Crippen LogP contribution in [0.4, 0.5) is 0 Å². The molecule has 2 aromatic rings. The number of hydrogen-bond donors (Lipinski definition) is 2. The van der Waals surface area contributed by atoms with Gasteiger partial charge in [-0.3, -0.25) is 14.2 Å². The van der Waals surface area contributed by atoms with E-state index in [1.165, 1.54) is 24.6 Å². The predicted molar refractivity (Wildman–Crippen MR) is 84.6 cm³/mol. The van der Waals surface area contributed by atoms with Crippen LogP contribution < -0.4 is 16.6 Å². The summed E-state index contributed by atoms with van der Waals surface area (Å²) < 4.78 is 1.58. The van der Waals surface area contributed by atoms with Gasteiger partial charge in [0.1, 0.15) is 4.34 Å². The van der Waals surface area contributed by atoms with Gasteiger partial charge in [-0.2, -0.15) is 0 Å². The lowest BCUT2D eigenvalue weighted by Gasteiger charge is -2.04. The summed E-state index contributed by atoms with van der Waals surface area (Å²) >= 11 is 7.31. The summed E-state index contributed by atoms with van der Waals surface area (Å²) in [5, 5.41) is 3.56. The Hall–Kier alpha value is -1.93. The SMILES string of the molecule is Cc1nc(CCNC(=O)Cc2c[nH]c(=O)n(C)c2=O)sc1Cl. The minimum absolute atomic E-state index is 0.0822. The number of H-pyrrole nitrogens is 1. The molecular weight excluding hydrogens is 328 g/mol. The zero-order valence-corrected chi connectivity index (χ0v) is 13.7. The van der Waals surface area contributed by atoms with E-state index >= 15 is 0 Å². The second-order valence-corrected chi connectivity index (χ2v) is 6.41. The van der Waals surface area contributed by atoms with Crippen molar-refractivity contribution in [2.24, 2.45) is 7.05 Å². The number of carbonyl (C=O) groups is 1. The fraction of sp³-hybridized carbons (Fsp3) is 0.385. The average Bonchev–Trinajstić information content (AvgIpc) is 2.78. The van der Waals surface area contributed by atoms with Gasteiger partial charge in [0.2, 0.25) is 5.91 Å². The van der Waals surface area contributed by atoms with Crippen LogP contribution in [0.2, 0.25) is 4.34 Å². The van der Waals surface area contributed by atoms with Crippen LogP contribution >= 0.6 is 22.9 Å². The van der Waals surface area contributed by atoms with Gasteiger partial charge in [-0.1, -0.05) is 11.6 Å². The van der Waals surface area contributed by atoms with Crippen molar-refractivity contribution in [2.75, 3.05) is 6.54 Å². The molecule has 0 aliphatic rings. The number of hydrogen-bond acceptors (Lipinski definition) is 5. The molecule has 0 spiro atoms. The lowest BCUT2D eigenvalue weighted by atomic mass is 10.2. The molecule has 0 aliphatic carbocycles. The Morgan fingerprint density at radius 2 is 2.23 bits per heavy atom. The third kappa shape index (κ3) is 3.83.